The monoisotopic (exact) mass is 282 g/mol. The summed E-state index contributed by atoms with van der Waals surface area (Å²) in [6.07, 6.45) is 0.928. The van der Waals surface area contributed by atoms with E-state index in [2.05, 4.69) is 5.32 Å². The molecule has 0 aliphatic rings. The SMILES string of the molecule is COc1ccc(F)cc1C(C)NC(=O)CCC(C)(C)N. The van der Waals surface area contributed by atoms with Crippen molar-refractivity contribution in [2.45, 2.75) is 45.2 Å². The average molecular weight is 282 g/mol. The Morgan fingerprint density at radius 3 is 2.70 bits per heavy atom. The first-order chi connectivity index (χ1) is 9.23. The van der Waals surface area contributed by atoms with Crippen molar-refractivity contribution in [3.05, 3.63) is 29.6 Å². The molecule has 0 bridgehead atoms. The molecule has 0 saturated carbocycles. The summed E-state index contributed by atoms with van der Waals surface area (Å²) < 4.78 is 18.5. The summed E-state index contributed by atoms with van der Waals surface area (Å²) >= 11 is 0. The molecule has 0 aromatic heterocycles. The molecule has 112 valence electrons. The zero-order valence-electron chi connectivity index (χ0n) is 12.5. The molecular formula is C15H23FN2O2. The van der Waals surface area contributed by atoms with Crippen molar-refractivity contribution in [1.82, 2.24) is 5.32 Å². The van der Waals surface area contributed by atoms with Crippen LogP contribution in [0.25, 0.3) is 0 Å². The quantitative estimate of drug-likeness (QED) is 0.842. The molecule has 4 nitrogen and oxygen atoms in total. The lowest BCUT2D eigenvalue weighted by Crippen LogP contribution is -2.35. The van der Waals surface area contributed by atoms with Crippen LogP contribution in [0.15, 0.2) is 18.2 Å². The molecule has 3 N–H and O–H groups in total. The standard InChI is InChI=1S/C15H23FN2O2/c1-10(18-14(19)7-8-15(2,3)17)12-9-11(16)5-6-13(12)20-4/h5-6,9-10H,7-8,17H2,1-4H3,(H,18,19). The summed E-state index contributed by atoms with van der Waals surface area (Å²) in [6, 6.07) is 3.93. The summed E-state index contributed by atoms with van der Waals surface area (Å²) in [5.41, 5.74) is 6.08. The molecule has 1 aromatic carbocycles. The van der Waals surface area contributed by atoms with Gasteiger partial charge in [0.2, 0.25) is 5.91 Å². The van der Waals surface area contributed by atoms with E-state index in [4.69, 9.17) is 10.5 Å². The van der Waals surface area contributed by atoms with Gasteiger partial charge in [-0.1, -0.05) is 0 Å². The first kappa shape index (κ1) is 16.4. The van der Waals surface area contributed by atoms with Gasteiger partial charge in [0.05, 0.1) is 13.2 Å². The van der Waals surface area contributed by atoms with E-state index in [1.165, 1.54) is 19.2 Å². The third-order valence-electron chi connectivity index (χ3n) is 3.03. The third kappa shape index (κ3) is 5.17. The van der Waals surface area contributed by atoms with E-state index in [0.29, 0.717) is 24.2 Å². The molecule has 1 unspecified atom stereocenters. The van der Waals surface area contributed by atoms with Crippen LogP contribution in [0.4, 0.5) is 4.39 Å². The van der Waals surface area contributed by atoms with Gasteiger partial charge in [-0.3, -0.25) is 4.79 Å². The Morgan fingerprint density at radius 1 is 1.50 bits per heavy atom. The van der Waals surface area contributed by atoms with Gasteiger partial charge in [-0.05, 0) is 45.4 Å². The van der Waals surface area contributed by atoms with E-state index >= 15 is 0 Å². The number of ether oxygens (including phenoxy) is 1. The maximum atomic E-state index is 13.3. The number of nitrogens with one attached hydrogen (secondary N) is 1. The van der Waals surface area contributed by atoms with Crippen molar-refractivity contribution in [1.29, 1.82) is 0 Å². The van der Waals surface area contributed by atoms with Crippen LogP contribution in [-0.4, -0.2) is 18.6 Å². The van der Waals surface area contributed by atoms with Crippen molar-refractivity contribution in [2.24, 2.45) is 5.73 Å². The number of nitrogens with two attached hydrogens (primary N) is 1. The van der Waals surface area contributed by atoms with Crippen LogP contribution in [0.2, 0.25) is 0 Å². The molecule has 5 heteroatoms. The molecule has 0 radical (unpaired) electrons. The predicted molar refractivity (Wildman–Crippen MR) is 77.0 cm³/mol. The van der Waals surface area contributed by atoms with Gasteiger partial charge >= 0.3 is 0 Å². The zero-order valence-corrected chi connectivity index (χ0v) is 12.5. The van der Waals surface area contributed by atoms with Gasteiger partial charge in [-0.2, -0.15) is 0 Å². The van der Waals surface area contributed by atoms with Crippen LogP contribution in [-0.2, 0) is 4.79 Å². The second-order valence-corrected chi connectivity index (χ2v) is 5.66. The fraction of sp³-hybridized carbons (Fsp3) is 0.533. The van der Waals surface area contributed by atoms with Gasteiger partial charge < -0.3 is 15.8 Å². The van der Waals surface area contributed by atoms with Gasteiger partial charge in [0.25, 0.3) is 0 Å². The molecule has 1 amide bonds. The zero-order chi connectivity index (χ0) is 15.3. The van der Waals surface area contributed by atoms with Crippen LogP contribution in [0, 0.1) is 5.82 Å². The lowest BCUT2D eigenvalue weighted by molar-refractivity contribution is -0.122. The number of hydrogen-bond acceptors (Lipinski definition) is 3. The first-order valence-corrected chi connectivity index (χ1v) is 6.64. The number of methoxy groups -OCH3 is 1. The van der Waals surface area contributed by atoms with Crippen molar-refractivity contribution in [3.63, 3.8) is 0 Å². The molecule has 0 saturated heterocycles. The van der Waals surface area contributed by atoms with E-state index in [-0.39, 0.29) is 23.3 Å². The van der Waals surface area contributed by atoms with E-state index in [1.807, 2.05) is 13.8 Å². The topological polar surface area (TPSA) is 64.3 Å². The number of benzene rings is 1. The lowest BCUT2D eigenvalue weighted by Gasteiger charge is -2.20. The van der Waals surface area contributed by atoms with Gasteiger partial charge in [-0.15, -0.1) is 0 Å². The highest BCUT2D eigenvalue weighted by molar-refractivity contribution is 5.76. The Bertz CT molecular complexity index is 469. The lowest BCUT2D eigenvalue weighted by atomic mass is 9.99. The normalized spacial score (nSPS) is 12.9. The van der Waals surface area contributed by atoms with Crippen molar-refractivity contribution < 1.29 is 13.9 Å². The largest absolute Gasteiger partial charge is 0.496 e. The fourth-order valence-corrected chi connectivity index (χ4v) is 1.87. The van der Waals surface area contributed by atoms with Crippen molar-refractivity contribution in [3.8, 4) is 5.75 Å². The summed E-state index contributed by atoms with van der Waals surface area (Å²) in [4.78, 5) is 11.9. The Morgan fingerprint density at radius 2 is 2.15 bits per heavy atom. The fourth-order valence-electron chi connectivity index (χ4n) is 1.87. The van der Waals surface area contributed by atoms with Gasteiger partial charge in [0.15, 0.2) is 0 Å². The van der Waals surface area contributed by atoms with Crippen LogP contribution < -0.4 is 15.8 Å². The van der Waals surface area contributed by atoms with Gasteiger partial charge in [0, 0.05) is 17.5 Å². The maximum absolute atomic E-state index is 13.3. The summed E-state index contributed by atoms with van der Waals surface area (Å²) in [5, 5.41) is 2.83. The Hall–Kier alpha value is -1.62. The van der Waals surface area contributed by atoms with E-state index in [9.17, 15) is 9.18 Å². The number of carbonyl (C=O) groups excluding carboxylic acids is 1. The Kier molecular flexibility index (Phi) is 5.51. The van der Waals surface area contributed by atoms with Crippen molar-refractivity contribution in [2.75, 3.05) is 7.11 Å². The van der Waals surface area contributed by atoms with Crippen LogP contribution in [0.1, 0.15) is 45.2 Å². The summed E-state index contributed by atoms with van der Waals surface area (Å²) in [7, 11) is 1.52. The van der Waals surface area contributed by atoms with Crippen LogP contribution in [0.5, 0.6) is 5.75 Å². The third-order valence-corrected chi connectivity index (χ3v) is 3.03. The van der Waals surface area contributed by atoms with E-state index in [1.54, 1.807) is 13.0 Å². The highest BCUT2D eigenvalue weighted by Gasteiger charge is 2.17. The summed E-state index contributed by atoms with van der Waals surface area (Å²) in [5.74, 6) is 0.0886. The van der Waals surface area contributed by atoms with E-state index < -0.39 is 0 Å². The molecule has 0 aliphatic carbocycles. The molecule has 0 heterocycles. The second kappa shape index (κ2) is 6.70. The van der Waals surface area contributed by atoms with Crippen molar-refractivity contribution >= 4 is 5.91 Å². The molecule has 1 rings (SSSR count). The van der Waals surface area contributed by atoms with E-state index in [0.717, 1.165) is 0 Å². The van der Waals surface area contributed by atoms with Gasteiger partial charge in [-0.25, -0.2) is 4.39 Å². The maximum Gasteiger partial charge on any atom is 0.220 e. The van der Waals surface area contributed by atoms with Gasteiger partial charge in [0.1, 0.15) is 11.6 Å². The number of hydrogen-bond donors (Lipinski definition) is 2. The summed E-state index contributed by atoms with van der Waals surface area (Å²) in [6.45, 7) is 5.54. The minimum Gasteiger partial charge on any atom is -0.496 e. The molecule has 1 atom stereocenters. The highest BCUT2D eigenvalue weighted by Crippen LogP contribution is 2.25. The van der Waals surface area contributed by atoms with Crippen LogP contribution in [0.3, 0.4) is 0 Å². The number of halogens is 1. The highest BCUT2D eigenvalue weighted by atomic mass is 19.1. The molecule has 1 aromatic rings. The number of amides is 1. The Balaban J connectivity index is 2.69. The smallest absolute Gasteiger partial charge is 0.220 e. The molecule has 20 heavy (non-hydrogen) atoms. The second-order valence-electron chi connectivity index (χ2n) is 5.66. The average Bonchev–Trinajstić information content (AvgIpc) is 2.35. The predicted octanol–water partition coefficient (Wildman–Crippen LogP) is 2.53. The first-order valence-electron chi connectivity index (χ1n) is 6.64. The molecule has 0 fully saturated rings. The minimum atomic E-state index is -0.378. The Labute approximate surface area is 119 Å². The molecule has 0 spiro atoms. The number of carbonyl (C=O) groups is 1. The number of rotatable bonds is 6. The van der Waals surface area contributed by atoms with Crippen LogP contribution >= 0.6 is 0 Å². The molecular weight excluding hydrogens is 259 g/mol. The molecule has 0 aliphatic heterocycles. The minimum absolute atomic E-state index is 0.109.